The Bertz CT molecular complexity index is 1460. The summed E-state index contributed by atoms with van der Waals surface area (Å²) >= 11 is 0. The van der Waals surface area contributed by atoms with Gasteiger partial charge in [-0.25, -0.2) is 4.68 Å². The largest absolute Gasteiger partial charge is 0.457 e. The zero-order valence-corrected chi connectivity index (χ0v) is 21.7. The molecule has 0 saturated carbocycles. The monoisotopic (exact) mass is 521 g/mol. The summed E-state index contributed by atoms with van der Waals surface area (Å²) in [7, 11) is 0. The van der Waals surface area contributed by atoms with Crippen molar-refractivity contribution in [3.63, 3.8) is 0 Å². The van der Waals surface area contributed by atoms with Gasteiger partial charge in [0.05, 0.1) is 5.54 Å². The Morgan fingerprint density at radius 3 is 2.28 bits per heavy atom. The summed E-state index contributed by atoms with van der Waals surface area (Å²) in [4.78, 5) is 15.6. The lowest BCUT2D eigenvalue weighted by Gasteiger charge is -2.45. The molecule has 1 aromatic heterocycles. The fourth-order valence-corrected chi connectivity index (χ4v) is 5.69. The number of piperidine rings is 1. The summed E-state index contributed by atoms with van der Waals surface area (Å²) in [5.74, 6) is 6.91. The Balaban J connectivity index is 1.30. The van der Waals surface area contributed by atoms with E-state index in [1.165, 1.54) is 5.56 Å². The van der Waals surface area contributed by atoms with Crippen molar-refractivity contribution in [2.45, 2.75) is 31.3 Å². The summed E-state index contributed by atoms with van der Waals surface area (Å²) in [6.07, 6.45) is 2.84. The number of benzene rings is 3. The van der Waals surface area contributed by atoms with Crippen LogP contribution in [0.1, 0.15) is 35.2 Å². The summed E-state index contributed by atoms with van der Waals surface area (Å²) in [5.41, 5.74) is 2.91. The van der Waals surface area contributed by atoms with Crippen molar-refractivity contribution in [2.75, 3.05) is 25.0 Å². The van der Waals surface area contributed by atoms with Gasteiger partial charge in [-0.1, -0.05) is 58.9 Å². The Labute approximate surface area is 227 Å². The number of aromatic nitrogens is 2. The fourth-order valence-electron chi connectivity index (χ4n) is 5.69. The number of amides is 1. The number of anilines is 1. The summed E-state index contributed by atoms with van der Waals surface area (Å²) in [5, 5.41) is 15.4. The molecule has 2 aliphatic rings. The van der Waals surface area contributed by atoms with E-state index >= 15 is 0 Å². The van der Waals surface area contributed by atoms with Crippen LogP contribution in [-0.4, -0.2) is 40.2 Å². The van der Waals surface area contributed by atoms with E-state index in [1.807, 2.05) is 65.3 Å². The highest BCUT2D eigenvalue weighted by atomic mass is 16.5. The van der Waals surface area contributed by atoms with Crippen LogP contribution in [0.3, 0.4) is 0 Å². The molecule has 3 aromatic carbocycles. The highest BCUT2D eigenvalue weighted by Gasteiger charge is 2.43. The first-order valence-corrected chi connectivity index (χ1v) is 13.3. The second kappa shape index (κ2) is 10.7. The van der Waals surface area contributed by atoms with Crippen LogP contribution in [0.5, 0.6) is 11.5 Å². The number of nitrogens with one attached hydrogen (secondary N) is 1. The number of carbonyl (C=O) groups excluding carboxylic acids is 1. The van der Waals surface area contributed by atoms with Crippen molar-refractivity contribution in [2.24, 2.45) is 16.2 Å². The van der Waals surface area contributed by atoms with Gasteiger partial charge in [0.25, 0.3) is 0 Å². The van der Waals surface area contributed by atoms with Crippen LogP contribution >= 0.6 is 0 Å². The van der Waals surface area contributed by atoms with Gasteiger partial charge in [-0.15, -0.1) is 0 Å². The number of carbonyl (C=O) groups is 1. The quantitative estimate of drug-likeness (QED) is 0.194. The van der Waals surface area contributed by atoms with Crippen molar-refractivity contribution in [3.05, 3.63) is 96.1 Å². The number of para-hydroxylation sites is 1. The zero-order valence-electron chi connectivity index (χ0n) is 21.7. The second-order valence-electron chi connectivity index (χ2n) is 10.1. The van der Waals surface area contributed by atoms with Gasteiger partial charge < -0.3 is 15.9 Å². The zero-order chi connectivity index (χ0) is 26.7. The van der Waals surface area contributed by atoms with Gasteiger partial charge >= 0.3 is 5.91 Å². The Morgan fingerprint density at radius 2 is 1.59 bits per heavy atom. The van der Waals surface area contributed by atoms with Gasteiger partial charge in [-0.2, -0.15) is 5.10 Å². The SMILES string of the molecule is NN=NC(=O)c1c(-c2ccc(Oc3ccccc3)cc2)nn2c1NCCC21CCN(Cc2ccccc2)CC1. The first kappa shape index (κ1) is 24.8. The lowest BCUT2D eigenvalue weighted by Crippen LogP contribution is -2.49. The van der Waals surface area contributed by atoms with Gasteiger partial charge in [-0.3, -0.25) is 9.69 Å². The first-order valence-electron chi connectivity index (χ1n) is 13.3. The van der Waals surface area contributed by atoms with E-state index in [1.54, 1.807) is 0 Å². The molecule has 1 saturated heterocycles. The van der Waals surface area contributed by atoms with Crippen LogP contribution in [0.2, 0.25) is 0 Å². The number of likely N-dealkylation sites (tertiary alicyclic amines) is 1. The van der Waals surface area contributed by atoms with Gasteiger partial charge in [-0.05, 0) is 61.2 Å². The molecule has 0 atom stereocenters. The molecule has 1 fully saturated rings. The number of nitrogens with two attached hydrogens (primary N) is 1. The van der Waals surface area contributed by atoms with Crippen molar-refractivity contribution < 1.29 is 9.53 Å². The third kappa shape index (κ3) is 5.00. The van der Waals surface area contributed by atoms with E-state index in [9.17, 15) is 4.79 Å². The number of hydrogen-bond acceptors (Lipinski definition) is 6. The van der Waals surface area contributed by atoms with Crippen LogP contribution < -0.4 is 15.9 Å². The van der Waals surface area contributed by atoms with Gasteiger partial charge in [0.1, 0.15) is 28.6 Å². The summed E-state index contributed by atoms with van der Waals surface area (Å²) in [6, 6.07) is 27.8. The number of nitrogens with zero attached hydrogens (tertiary/aromatic N) is 5. The van der Waals surface area contributed by atoms with Crippen LogP contribution in [0.4, 0.5) is 5.82 Å². The molecule has 1 spiro atoms. The molecule has 9 heteroatoms. The maximum absolute atomic E-state index is 13.1. The fraction of sp³-hybridized carbons (Fsp3) is 0.267. The predicted octanol–water partition coefficient (Wildman–Crippen LogP) is 5.62. The molecule has 0 radical (unpaired) electrons. The molecule has 198 valence electrons. The maximum Gasteiger partial charge on any atom is 0.303 e. The minimum atomic E-state index is -0.510. The number of rotatable bonds is 6. The normalized spacial score (nSPS) is 16.6. The Hall–Kier alpha value is -4.50. The molecule has 3 heterocycles. The standard InChI is InChI=1S/C30H31N7O2/c31-35-33-29(38)26-27(23-11-13-25(14-12-23)39-24-9-5-2-6-10-24)34-37-28(26)32-18-15-30(37)16-19-36(20-17-30)21-22-7-3-1-4-8-22/h1-14,32H,15-21H2,(H2,31,33,38). The second-order valence-corrected chi connectivity index (χ2v) is 10.1. The molecule has 4 aromatic rings. The average Bonchev–Trinajstić information content (AvgIpc) is 3.37. The van der Waals surface area contributed by atoms with E-state index in [0.29, 0.717) is 22.8 Å². The van der Waals surface area contributed by atoms with Crippen molar-refractivity contribution >= 4 is 11.7 Å². The molecule has 0 bridgehead atoms. The maximum atomic E-state index is 13.1. The van der Waals surface area contributed by atoms with E-state index in [-0.39, 0.29) is 5.54 Å². The molecule has 0 unspecified atom stereocenters. The lowest BCUT2D eigenvalue weighted by atomic mass is 9.83. The molecule has 6 rings (SSSR count). The molecular formula is C30H31N7O2. The first-order chi connectivity index (χ1) is 19.1. The Morgan fingerprint density at radius 1 is 0.923 bits per heavy atom. The van der Waals surface area contributed by atoms with Crippen LogP contribution in [0.25, 0.3) is 11.3 Å². The van der Waals surface area contributed by atoms with Crippen LogP contribution in [-0.2, 0) is 12.1 Å². The predicted molar refractivity (Wildman–Crippen MR) is 150 cm³/mol. The highest BCUT2D eigenvalue weighted by Crippen LogP contribution is 2.43. The molecule has 1 amide bonds. The minimum Gasteiger partial charge on any atom is -0.457 e. The molecule has 3 N–H and O–H groups in total. The van der Waals surface area contributed by atoms with E-state index in [4.69, 9.17) is 15.7 Å². The number of ether oxygens (including phenoxy) is 1. The van der Waals surface area contributed by atoms with E-state index in [0.717, 1.165) is 56.8 Å². The highest BCUT2D eigenvalue weighted by molar-refractivity contribution is 6.05. The smallest absolute Gasteiger partial charge is 0.303 e. The molecule has 39 heavy (non-hydrogen) atoms. The van der Waals surface area contributed by atoms with Crippen LogP contribution in [0.15, 0.2) is 95.3 Å². The van der Waals surface area contributed by atoms with Crippen molar-refractivity contribution in [3.8, 4) is 22.8 Å². The summed E-state index contributed by atoms with van der Waals surface area (Å²) < 4.78 is 7.99. The summed E-state index contributed by atoms with van der Waals surface area (Å²) in [6.45, 7) is 3.61. The molecule has 9 nitrogen and oxygen atoms in total. The van der Waals surface area contributed by atoms with E-state index < -0.39 is 5.91 Å². The molecular weight excluding hydrogens is 490 g/mol. The molecule has 0 aliphatic carbocycles. The third-order valence-electron chi connectivity index (χ3n) is 7.72. The number of fused-ring (bicyclic) bond motifs is 2. The van der Waals surface area contributed by atoms with Crippen LogP contribution in [0, 0.1) is 0 Å². The van der Waals surface area contributed by atoms with Gasteiger partial charge in [0.2, 0.25) is 0 Å². The average molecular weight is 522 g/mol. The Kier molecular flexibility index (Phi) is 6.81. The minimum absolute atomic E-state index is 0.169. The van der Waals surface area contributed by atoms with Crippen molar-refractivity contribution in [1.29, 1.82) is 0 Å². The molecule has 2 aliphatic heterocycles. The lowest BCUT2D eigenvalue weighted by molar-refractivity contribution is 0.0863. The number of hydrogen-bond donors (Lipinski definition) is 2. The third-order valence-corrected chi connectivity index (χ3v) is 7.72. The van der Waals surface area contributed by atoms with E-state index in [2.05, 4.69) is 44.8 Å². The van der Waals surface area contributed by atoms with Crippen molar-refractivity contribution in [1.82, 2.24) is 14.7 Å². The van der Waals surface area contributed by atoms with Gasteiger partial charge in [0.15, 0.2) is 0 Å². The van der Waals surface area contributed by atoms with Gasteiger partial charge in [0, 0.05) is 31.7 Å². The topological polar surface area (TPSA) is 110 Å².